The zero-order chi connectivity index (χ0) is 8.46. The van der Waals surface area contributed by atoms with Gasteiger partial charge in [0.05, 0.1) is 12.0 Å². The van der Waals surface area contributed by atoms with Crippen molar-refractivity contribution >= 4 is 11.7 Å². The number of rotatable bonds is 1. The molecule has 2 aliphatic carbocycles. The molecule has 5 atom stereocenters. The number of ether oxygens (including phenoxy) is 1. The zero-order valence-electron chi connectivity index (χ0n) is 6.61. The molecule has 0 aromatic carbocycles. The molecule has 0 radical (unpaired) electrons. The van der Waals surface area contributed by atoms with Crippen LogP contribution in [0.25, 0.3) is 0 Å². The van der Waals surface area contributed by atoms with Gasteiger partial charge < -0.3 is 10.1 Å². The van der Waals surface area contributed by atoms with Crippen molar-refractivity contribution in [3.05, 3.63) is 0 Å². The summed E-state index contributed by atoms with van der Waals surface area (Å²) in [7, 11) is 1.60. The monoisotopic (exact) mass is 167 g/mol. The Morgan fingerprint density at radius 3 is 2.83 bits per heavy atom. The van der Waals surface area contributed by atoms with Gasteiger partial charge in [-0.15, -0.1) is 0 Å². The lowest BCUT2D eigenvalue weighted by Gasteiger charge is -1.97. The molecule has 12 heavy (non-hydrogen) atoms. The van der Waals surface area contributed by atoms with Crippen LogP contribution in [0.5, 0.6) is 0 Å². The van der Waals surface area contributed by atoms with Crippen LogP contribution in [0.1, 0.15) is 0 Å². The Morgan fingerprint density at radius 2 is 2.33 bits per heavy atom. The number of carbonyl (C=O) groups excluding carboxylic acids is 2. The second-order valence-corrected chi connectivity index (χ2v) is 3.67. The number of amides is 1. The fourth-order valence-corrected chi connectivity index (χ4v) is 2.45. The van der Waals surface area contributed by atoms with Gasteiger partial charge in [0.25, 0.3) is 0 Å². The van der Waals surface area contributed by atoms with Gasteiger partial charge >= 0.3 is 0 Å². The van der Waals surface area contributed by atoms with Crippen molar-refractivity contribution in [1.29, 1.82) is 0 Å². The summed E-state index contributed by atoms with van der Waals surface area (Å²) in [6.45, 7) is 0. The predicted molar refractivity (Wildman–Crippen MR) is 38.2 cm³/mol. The first kappa shape index (κ1) is 6.60. The van der Waals surface area contributed by atoms with Crippen molar-refractivity contribution in [2.24, 2.45) is 17.8 Å². The second kappa shape index (κ2) is 1.71. The first-order valence-electron chi connectivity index (χ1n) is 4.16. The van der Waals surface area contributed by atoms with E-state index in [1.54, 1.807) is 7.05 Å². The molecule has 2 saturated carbocycles. The van der Waals surface area contributed by atoms with E-state index in [4.69, 9.17) is 4.74 Å². The summed E-state index contributed by atoms with van der Waals surface area (Å²) in [5.74, 6) is 0.272. The molecular formula is C8H9NO3. The summed E-state index contributed by atoms with van der Waals surface area (Å²) >= 11 is 0. The Kier molecular flexibility index (Phi) is 0.942. The highest BCUT2D eigenvalue weighted by Gasteiger charge is 2.77. The van der Waals surface area contributed by atoms with Crippen LogP contribution in [-0.4, -0.2) is 30.9 Å². The maximum Gasteiger partial charge on any atom is 0.224 e. The van der Waals surface area contributed by atoms with Gasteiger partial charge in [-0.1, -0.05) is 0 Å². The van der Waals surface area contributed by atoms with E-state index in [0.717, 1.165) is 0 Å². The quantitative estimate of drug-likeness (QED) is 0.507. The van der Waals surface area contributed by atoms with Crippen molar-refractivity contribution in [3.63, 3.8) is 0 Å². The van der Waals surface area contributed by atoms with Crippen LogP contribution in [0.15, 0.2) is 0 Å². The van der Waals surface area contributed by atoms with E-state index in [2.05, 4.69) is 5.32 Å². The maximum atomic E-state index is 11.3. The molecule has 64 valence electrons. The van der Waals surface area contributed by atoms with Crippen LogP contribution >= 0.6 is 0 Å². The topological polar surface area (TPSA) is 58.7 Å². The van der Waals surface area contributed by atoms with Gasteiger partial charge in [0.1, 0.15) is 6.10 Å². The van der Waals surface area contributed by atoms with Crippen LogP contribution < -0.4 is 5.32 Å². The van der Waals surface area contributed by atoms with Gasteiger partial charge in [-0.05, 0) is 0 Å². The molecule has 1 aliphatic heterocycles. The fraction of sp³-hybridized carbons (Fsp3) is 0.750. The average Bonchev–Trinajstić information content (AvgIpc) is 2.92. The third-order valence-electron chi connectivity index (χ3n) is 3.14. The number of nitrogens with one attached hydrogen (secondary N) is 1. The molecule has 1 heterocycles. The molecule has 4 heteroatoms. The minimum Gasteiger partial charge on any atom is -0.361 e. The van der Waals surface area contributed by atoms with Gasteiger partial charge in [-0.3, -0.25) is 9.59 Å². The summed E-state index contributed by atoms with van der Waals surface area (Å²) < 4.78 is 5.11. The molecular weight excluding hydrogens is 158 g/mol. The van der Waals surface area contributed by atoms with Crippen molar-refractivity contribution in [1.82, 2.24) is 5.32 Å². The van der Waals surface area contributed by atoms with Crippen molar-refractivity contribution in [2.75, 3.05) is 7.05 Å². The second-order valence-electron chi connectivity index (χ2n) is 3.67. The van der Waals surface area contributed by atoms with Gasteiger partial charge in [-0.25, -0.2) is 0 Å². The highest BCUT2D eigenvalue weighted by atomic mass is 16.6. The molecule has 3 fully saturated rings. The number of hydrogen-bond donors (Lipinski definition) is 1. The van der Waals surface area contributed by atoms with Gasteiger partial charge in [0, 0.05) is 18.9 Å². The van der Waals surface area contributed by atoms with E-state index in [1.165, 1.54) is 0 Å². The average molecular weight is 167 g/mol. The molecule has 1 saturated heterocycles. The first-order valence-corrected chi connectivity index (χ1v) is 4.16. The number of epoxide rings is 1. The van der Waals surface area contributed by atoms with Crippen LogP contribution in [0.3, 0.4) is 0 Å². The Balaban J connectivity index is 1.82. The Bertz CT molecular complexity index is 288. The van der Waals surface area contributed by atoms with Gasteiger partial charge in [0.15, 0.2) is 5.78 Å². The van der Waals surface area contributed by atoms with Crippen molar-refractivity contribution in [3.8, 4) is 0 Å². The number of hydrogen-bond acceptors (Lipinski definition) is 3. The highest BCUT2D eigenvalue weighted by molar-refractivity contribution is 6.01. The van der Waals surface area contributed by atoms with E-state index >= 15 is 0 Å². The highest BCUT2D eigenvalue weighted by Crippen LogP contribution is 2.63. The van der Waals surface area contributed by atoms with E-state index < -0.39 is 0 Å². The number of fused-ring (bicyclic) bond motifs is 3. The summed E-state index contributed by atoms with van der Waals surface area (Å²) in [5, 5.41) is 2.57. The molecule has 1 amide bonds. The molecule has 0 spiro atoms. The summed E-state index contributed by atoms with van der Waals surface area (Å²) in [4.78, 5) is 22.5. The lowest BCUT2D eigenvalue weighted by Crippen LogP contribution is -2.24. The molecule has 3 rings (SSSR count). The van der Waals surface area contributed by atoms with Crippen LogP contribution in [0.4, 0.5) is 0 Å². The first-order chi connectivity index (χ1) is 5.75. The third kappa shape index (κ3) is 0.545. The Morgan fingerprint density at radius 1 is 1.58 bits per heavy atom. The van der Waals surface area contributed by atoms with Crippen LogP contribution in [-0.2, 0) is 14.3 Å². The van der Waals surface area contributed by atoms with E-state index in [1.807, 2.05) is 0 Å². The number of Topliss-reactive ketones (excluding diaryl/α,β-unsaturated/α-hetero) is 1. The number of ketones is 1. The van der Waals surface area contributed by atoms with Crippen molar-refractivity contribution < 1.29 is 14.3 Å². The molecule has 3 aliphatic rings. The SMILES string of the molecule is CNC(=O)C1C2C(=O)C3OC3C12. The van der Waals surface area contributed by atoms with E-state index in [9.17, 15) is 9.59 Å². The number of carbonyl (C=O) groups is 2. The smallest absolute Gasteiger partial charge is 0.224 e. The normalized spacial score (nSPS) is 52.8. The van der Waals surface area contributed by atoms with Crippen LogP contribution in [0, 0.1) is 17.8 Å². The maximum absolute atomic E-state index is 11.3. The molecule has 0 aromatic rings. The summed E-state index contributed by atoms with van der Waals surface area (Å²) in [6.07, 6.45) is -0.0503. The van der Waals surface area contributed by atoms with E-state index in [0.29, 0.717) is 0 Å². The molecule has 1 N–H and O–H groups in total. The van der Waals surface area contributed by atoms with Gasteiger partial charge in [-0.2, -0.15) is 0 Å². The van der Waals surface area contributed by atoms with E-state index in [-0.39, 0.29) is 41.7 Å². The molecule has 5 unspecified atom stereocenters. The summed E-state index contributed by atoms with van der Waals surface area (Å²) in [6, 6.07) is 0. The minimum absolute atomic E-state index is 0.00583. The Hall–Kier alpha value is -0.900. The zero-order valence-corrected chi connectivity index (χ0v) is 6.61. The van der Waals surface area contributed by atoms with Crippen LogP contribution in [0.2, 0.25) is 0 Å². The molecule has 0 bridgehead atoms. The lowest BCUT2D eigenvalue weighted by atomic mass is 10.1. The third-order valence-corrected chi connectivity index (χ3v) is 3.14. The minimum atomic E-state index is -0.138. The summed E-state index contributed by atoms with van der Waals surface area (Å²) in [5.41, 5.74) is 0. The standard InChI is InChI=1S/C8H9NO3/c1-9-8(11)4-2-3(4)6-7(12-6)5(2)10/h2-4,6-7H,1H3,(H,9,11). The predicted octanol–water partition coefficient (Wildman–Crippen LogP) is -1.06. The Labute approximate surface area is 69.3 Å². The van der Waals surface area contributed by atoms with Gasteiger partial charge in [0.2, 0.25) is 5.91 Å². The fourth-order valence-electron chi connectivity index (χ4n) is 2.45. The lowest BCUT2D eigenvalue weighted by molar-refractivity contribution is -0.126. The molecule has 4 nitrogen and oxygen atoms in total. The molecule has 0 aromatic heterocycles. The largest absolute Gasteiger partial charge is 0.361 e. The van der Waals surface area contributed by atoms with Crippen molar-refractivity contribution in [2.45, 2.75) is 12.2 Å².